The Morgan fingerprint density at radius 1 is 0.714 bits per heavy atom. The number of thioether (sulfide) groups is 2. The van der Waals surface area contributed by atoms with Gasteiger partial charge in [-0.2, -0.15) is 0 Å². The lowest BCUT2D eigenvalue weighted by molar-refractivity contribution is 0.0464. The molecule has 0 bridgehead atoms. The van der Waals surface area contributed by atoms with Gasteiger partial charge in [0.05, 0.1) is 48.9 Å². The van der Waals surface area contributed by atoms with Crippen molar-refractivity contribution in [2.45, 2.75) is 21.3 Å². The first kappa shape index (κ1) is 35.3. The third kappa shape index (κ3) is 8.02. The van der Waals surface area contributed by atoms with Gasteiger partial charge in [0.15, 0.2) is 6.79 Å². The molecule has 0 saturated carbocycles. The first-order chi connectivity index (χ1) is 23.8. The van der Waals surface area contributed by atoms with Gasteiger partial charge in [0, 0.05) is 65.8 Å². The van der Waals surface area contributed by atoms with Gasteiger partial charge < -0.3 is 33.2 Å². The molecule has 4 aromatic carbocycles. The maximum Gasteiger partial charge on any atom is 0.342 e. The van der Waals surface area contributed by atoms with Gasteiger partial charge in [0.25, 0.3) is 0 Å². The average Bonchev–Trinajstić information content (AvgIpc) is 3.69. The second-order valence-corrected chi connectivity index (χ2v) is 12.8. The number of carbonyl (C=O) groups excluding carboxylic acids is 2. The smallest absolute Gasteiger partial charge is 0.342 e. The summed E-state index contributed by atoms with van der Waals surface area (Å²) in [4.78, 5) is 35.6. The summed E-state index contributed by atoms with van der Waals surface area (Å²) in [5.41, 5.74) is 5.17. The number of phenols is 1. The molecular weight excluding hydrogens is 665 g/mol. The molecule has 49 heavy (non-hydrogen) atoms. The highest BCUT2D eigenvalue weighted by Crippen LogP contribution is 2.36. The largest absolute Gasteiger partial charge is 0.507 e. The molecule has 11 nitrogen and oxygen atoms in total. The van der Waals surface area contributed by atoms with E-state index in [1.807, 2.05) is 83.9 Å². The summed E-state index contributed by atoms with van der Waals surface area (Å²) in [6.07, 6.45) is 3.39. The van der Waals surface area contributed by atoms with Gasteiger partial charge in [-0.05, 0) is 24.3 Å². The fraction of sp³-hybridized carbons (Fsp3) is 0.222. The monoisotopic (exact) mass is 700 g/mol. The first-order valence-corrected chi connectivity index (χ1v) is 17.0. The Morgan fingerprint density at radius 2 is 1.18 bits per heavy atom. The second-order valence-electron chi connectivity index (χ2n) is 10.7. The lowest BCUT2D eigenvalue weighted by Crippen LogP contribution is -2.11. The van der Waals surface area contributed by atoms with Gasteiger partial charge in [-0.25, -0.2) is 19.6 Å². The van der Waals surface area contributed by atoms with E-state index in [2.05, 4.69) is 9.97 Å². The molecule has 0 aliphatic carbocycles. The number of esters is 2. The Labute approximate surface area is 292 Å². The number of benzene rings is 4. The number of phenolic OH excluding ortho intramolecular Hbond substituents is 1. The Bertz CT molecular complexity index is 2060. The maximum absolute atomic E-state index is 12.5. The molecule has 0 spiro atoms. The number of hydrogen-bond acceptors (Lipinski definition) is 11. The minimum atomic E-state index is -0.557. The molecule has 1 N–H and O–H groups in total. The Hall–Kier alpha value is -4.98. The van der Waals surface area contributed by atoms with E-state index in [9.17, 15) is 14.7 Å². The van der Waals surface area contributed by atoms with Crippen LogP contribution in [0.15, 0.2) is 95.2 Å². The summed E-state index contributed by atoms with van der Waals surface area (Å²) in [6, 6.07) is 23.2. The third-order valence-electron chi connectivity index (χ3n) is 7.55. The molecule has 0 saturated heterocycles. The standard InChI is InChI=1S/C19H20N2O4S.C17H16N2O3S/c1-21-11-20-18-14(10-26-13-7-5-4-6-8-13)17(19(22)24-3)16(9-15(18)21)25-12-23-2;1-19-10-18-16-12(9-23-11-6-4-3-5-7-11)15(17(21)22-2)14(20)8-13(16)19/h4-9,11H,10,12H2,1-3H3;3-8,10,20H,9H2,1-2H3. The van der Waals surface area contributed by atoms with Gasteiger partial charge in [-0.3, -0.25) is 0 Å². The highest BCUT2D eigenvalue weighted by atomic mass is 32.2. The van der Waals surface area contributed by atoms with E-state index in [4.69, 9.17) is 18.9 Å². The van der Waals surface area contributed by atoms with Crippen LogP contribution in [0.3, 0.4) is 0 Å². The SMILES string of the molecule is COC(=O)c1c(O)cc2c(ncn2C)c1CSc1ccccc1.COCOc1cc2c(ncn2C)c(CSc2ccccc2)c1C(=O)OC. The van der Waals surface area contributed by atoms with Gasteiger partial charge in [0.2, 0.25) is 0 Å². The average molecular weight is 701 g/mol. The number of carbonyl (C=O) groups is 2. The zero-order valence-corrected chi connectivity index (χ0v) is 29.3. The van der Waals surface area contributed by atoms with Crippen molar-refractivity contribution in [3.8, 4) is 11.5 Å². The summed E-state index contributed by atoms with van der Waals surface area (Å²) in [5.74, 6) is 0.406. The van der Waals surface area contributed by atoms with Crippen molar-refractivity contribution in [2.24, 2.45) is 14.1 Å². The summed E-state index contributed by atoms with van der Waals surface area (Å²) < 4.78 is 24.2. The number of rotatable bonds is 11. The van der Waals surface area contributed by atoms with Crippen LogP contribution in [0.1, 0.15) is 31.8 Å². The molecule has 0 aliphatic rings. The molecule has 2 heterocycles. The molecule has 6 rings (SSSR count). The quantitative estimate of drug-likeness (QED) is 0.0854. The number of aromatic hydroxyl groups is 1. The van der Waals surface area contributed by atoms with Crippen LogP contribution in [0.2, 0.25) is 0 Å². The van der Waals surface area contributed by atoms with E-state index >= 15 is 0 Å². The molecule has 0 unspecified atom stereocenters. The normalized spacial score (nSPS) is 10.9. The van der Waals surface area contributed by atoms with Gasteiger partial charge in [0.1, 0.15) is 22.6 Å². The first-order valence-electron chi connectivity index (χ1n) is 15.0. The number of aryl methyl sites for hydroxylation is 2. The predicted molar refractivity (Wildman–Crippen MR) is 190 cm³/mol. The van der Waals surface area contributed by atoms with Crippen molar-refractivity contribution in [1.29, 1.82) is 0 Å². The summed E-state index contributed by atoms with van der Waals surface area (Å²) in [6.45, 7) is 0.0403. The van der Waals surface area contributed by atoms with E-state index in [0.29, 0.717) is 33.9 Å². The highest BCUT2D eigenvalue weighted by Gasteiger charge is 2.25. The molecule has 2 aromatic heterocycles. The van der Waals surface area contributed by atoms with Crippen LogP contribution in [-0.4, -0.2) is 64.3 Å². The van der Waals surface area contributed by atoms with Crippen molar-refractivity contribution >= 4 is 57.5 Å². The van der Waals surface area contributed by atoms with E-state index < -0.39 is 11.9 Å². The van der Waals surface area contributed by atoms with Crippen LogP contribution in [0.5, 0.6) is 11.5 Å². The molecule has 0 atom stereocenters. The zero-order valence-electron chi connectivity index (χ0n) is 27.7. The van der Waals surface area contributed by atoms with Crippen molar-refractivity contribution in [3.63, 3.8) is 0 Å². The maximum atomic E-state index is 12.5. The van der Waals surface area contributed by atoms with Crippen LogP contribution in [0.25, 0.3) is 22.1 Å². The summed E-state index contributed by atoms with van der Waals surface area (Å²) in [5, 5.41) is 10.3. The summed E-state index contributed by atoms with van der Waals surface area (Å²) in [7, 11) is 7.95. The third-order valence-corrected chi connectivity index (χ3v) is 9.63. The Kier molecular flexibility index (Phi) is 11.8. The van der Waals surface area contributed by atoms with Crippen LogP contribution in [0.4, 0.5) is 0 Å². The van der Waals surface area contributed by atoms with E-state index in [1.54, 1.807) is 48.3 Å². The predicted octanol–water partition coefficient (Wildman–Crippen LogP) is 6.99. The molecule has 0 amide bonds. The van der Waals surface area contributed by atoms with E-state index in [0.717, 1.165) is 31.9 Å². The van der Waals surface area contributed by atoms with Crippen LogP contribution in [-0.2, 0) is 39.8 Å². The molecule has 0 radical (unpaired) electrons. The minimum absolute atomic E-state index is 0.0403. The van der Waals surface area contributed by atoms with Crippen molar-refractivity contribution < 1.29 is 33.6 Å². The Morgan fingerprint density at radius 3 is 1.67 bits per heavy atom. The van der Waals surface area contributed by atoms with Gasteiger partial charge >= 0.3 is 11.9 Å². The van der Waals surface area contributed by atoms with Crippen LogP contribution >= 0.6 is 23.5 Å². The molecule has 0 fully saturated rings. The minimum Gasteiger partial charge on any atom is -0.507 e. The van der Waals surface area contributed by atoms with Crippen molar-refractivity contribution in [1.82, 2.24) is 19.1 Å². The number of ether oxygens (including phenoxy) is 4. The van der Waals surface area contributed by atoms with Gasteiger partial charge in [-0.15, -0.1) is 23.5 Å². The zero-order chi connectivity index (χ0) is 34.9. The van der Waals surface area contributed by atoms with Crippen LogP contribution in [0, 0.1) is 0 Å². The number of methoxy groups -OCH3 is 3. The number of fused-ring (bicyclic) bond motifs is 2. The fourth-order valence-corrected chi connectivity index (χ4v) is 7.02. The number of imidazole rings is 2. The van der Waals surface area contributed by atoms with Crippen molar-refractivity contribution in [3.05, 3.63) is 108 Å². The Balaban J connectivity index is 0.000000192. The highest BCUT2D eigenvalue weighted by molar-refractivity contribution is 7.98. The lowest BCUT2D eigenvalue weighted by atomic mass is 10.1. The fourth-order valence-electron chi connectivity index (χ4n) is 5.14. The molecule has 13 heteroatoms. The topological polar surface area (TPSA) is 127 Å². The number of aromatic nitrogens is 4. The summed E-state index contributed by atoms with van der Waals surface area (Å²) >= 11 is 3.21. The number of nitrogens with zero attached hydrogens (tertiary/aromatic N) is 4. The van der Waals surface area contributed by atoms with Crippen molar-refractivity contribution in [2.75, 3.05) is 28.1 Å². The van der Waals surface area contributed by atoms with Crippen LogP contribution < -0.4 is 4.74 Å². The number of hydrogen-bond donors (Lipinski definition) is 1. The molecule has 6 aromatic rings. The van der Waals surface area contributed by atoms with E-state index in [-0.39, 0.29) is 18.1 Å². The molecule has 254 valence electrons. The lowest BCUT2D eigenvalue weighted by Gasteiger charge is -2.15. The van der Waals surface area contributed by atoms with Gasteiger partial charge in [-0.1, -0.05) is 36.4 Å². The molecule has 0 aliphatic heterocycles. The molecular formula is C36H36N4O7S2. The second kappa shape index (κ2) is 16.4. The van der Waals surface area contributed by atoms with E-state index in [1.165, 1.54) is 21.3 Å².